The first-order valence-corrected chi connectivity index (χ1v) is 5.78. The van der Waals surface area contributed by atoms with Crippen molar-refractivity contribution in [3.63, 3.8) is 0 Å². The molecule has 0 saturated heterocycles. The molecule has 0 unspecified atom stereocenters. The summed E-state index contributed by atoms with van der Waals surface area (Å²) in [4.78, 5) is 16.3. The molecule has 0 fully saturated rings. The fourth-order valence-corrected chi connectivity index (χ4v) is 1.81. The van der Waals surface area contributed by atoms with Crippen LogP contribution in [0, 0.1) is 0 Å². The second kappa shape index (κ2) is 5.44. The van der Waals surface area contributed by atoms with E-state index in [1.165, 1.54) is 7.11 Å². The van der Waals surface area contributed by atoms with Gasteiger partial charge < -0.3 is 4.74 Å². The highest BCUT2D eigenvalue weighted by molar-refractivity contribution is 5.98. The second-order valence-electron chi connectivity index (χ2n) is 3.84. The van der Waals surface area contributed by atoms with Crippen molar-refractivity contribution in [3.8, 4) is 5.75 Å². The fraction of sp³-hybridized carbons (Fsp3) is 0.308. The van der Waals surface area contributed by atoms with E-state index in [0.29, 0.717) is 24.4 Å². The molecule has 0 saturated carbocycles. The number of aromatic nitrogens is 3. The molecule has 94 valence electrons. The molecule has 2 heterocycles. The van der Waals surface area contributed by atoms with Gasteiger partial charge in [0.15, 0.2) is 11.5 Å². The fourth-order valence-electron chi connectivity index (χ4n) is 1.81. The van der Waals surface area contributed by atoms with E-state index in [4.69, 9.17) is 4.74 Å². The average molecular weight is 245 g/mol. The minimum absolute atomic E-state index is 0.0146. The Balaban J connectivity index is 2.26. The van der Waals surface area contributed by atoms with Crippen LogP contribution in [-0.2, 0) is 13.0 Å². The van der Waals surface area contributed by atoms with Crippen LogP contribution in [0.1, 0.15) is 23.0 Å². The number of nitrogens with zero attached hydrogens (tertiary/aromatic N) is 3. The van der Waals surface area contributed by atoms with Crippen molar-refractivity contribution in [2.45, 2.75) is 19.9 Å². The first-order chi connectivity index (χ1) is 8.76. The minimum Gasteiger partial charge on any atom is -0.493 e. The van der Waals surface area contributed by atoms with Crippen LogP contribution in [0.5, 0.6) is 5.75 Å². The van der Waals surface area contributed by atoms with E-state index >= 15 is 0 Å². The first-order valence-electron chi connectivity index (χ1n) is 5.78. The van der Waals surface area contributed by atoms with Crippen molar-refractivity contribution in [2.75, 3.05) is 7.11 Å². The summed E-state index contributed by atoms with van der Waals surface area (Å²) in [5, 5.41) is 4.12. The van der Waals surface area contributed by atoms with E-state index in [-0.39, 0.29) is 5.78 Å². The zero-order valence-corrected chi connectivity index (χ0v) is 10.5. The zero-order chi connectivity index (χ0) is 13.0. The summed E-state index contributed by atoms with van der Waals surface area (Å²) >= 11 is 0. The van der Waals surface area contributed by atoms with Crippen molar-refractivity contribution >= 4 is 5.78 Å². The molecule has 5 nitrogen and oxygen atoms in total. The molecule has 5 heteroatoms. The maximum absolute atomic E-state index is 12.3. The van der Waals surface area contributed by atoms with Gasteiger partial charge in [-0.15, -0.1) is 0 Å². The molecule has 0 aromatic carbocycles. The van der Waals surface area contributed by atoms with Crippen molar-refractivity contribution in [3.05, 3.63) is 42.0 Å². The molecular formula is C13H15N3O2. The summed E-state index contributed by atoms with van der Waals surface area (Å²) in [6, 6.07) is 3.70. The Bertz CT molecular complexity index is 513. The minimum atomic E-state index is -0.0146. The van der Waals surface area contributed by atoms with E-state index < -0.39 is 0 Å². The third kappa shape index (κ3) is 2.40. The molecular weight excluding hydrogens is 230 g/mol. The lowest BCUT2D eigenvalue weighted by Gasteiger charge is -2.06. The highest BCUT2D eigenvalue weighted by Crippen LogP contribution is 2.19. The molecule has 0 spiro atoms. The van der Waals surface area contributed by atoms with Gasteiger partial charge in [-0.1, -0.05) is 6.07 Å². The molecule has 18 heavy (non-hydrogen) atoms. The lowest BCUT2D eigenvalue weighted by Crippen LogP contribution is -2.13. The number of methoxy groups -OCH3 is 1. The largest absolute Gasteiger partial charge is 0.493 e. The summed E-state index contributed by atoms with van der Waals surface area (Å²) in [6.45, 7) is 2.57. The average Bonchev–Trinajstić information content (AvgIpc) is 2.82. The highest BCUT2D eigenvalue weighted by atomic mass is 16.5. The maximum atomic E-state index is 12.3. The molecule has 2 aromatic heterocycles. The molecule has 0 radical (unpaired) electrons. The molecule has 0 N–H and O–H groups in total. The molecule has 0 amide bonds. The lowest BCUT2D eigenvalue weighted by atomic mass is 10.1. The SMILES string of the molecule is CCn1ncc(OC)c1C(=O)Cc1cccnc1. The van der Waals surface area contributed by atoms with Crippen LogP contribution in [0.15, 0.2) is 30.7 Å². The third-order valence-electron chi connectivity index (χ3n) is 2.68. The van der Waals surface area contributed by atoms with Crippen LogP contribution >= 0.6 is 0 Å². The van der Waals surface area contributed by atoms with Crippen LogP contribution in [-0.4, -0.2) is 27.7 Å². The summed E-state index contributed by atoms with van der Waals surface area (Å²) in [6.07, 6.45) is 5.25. The van der Waals surface area contributed by atoms with Crippen LogP contribution in [0.4, 0.5) is 0 Å². The number of Topliss-reactive ketones (excluding diaryl/α,β-unsaturated/α-hetero) is 1. The smallest absolute Gasteiger partial charge is 0.189 e. The number of carbonyl (C=O) groups is 1. The van der Waals surface area contributed by atoms with Crippen LogP contribution in [0.2, 0.25) is 0 Å². The molecule has 0 bridgehead atoms. The standard InChI is InChI=1S/C13H15N3O2/c1-3-16-13(12(18-2)9-15-16)11(17)7-10-5-4-6-14-8-10/h4-6,8-9H,3,7H2,1-2H3. The number of rotatable bonds is 5. The number of ether oxygens (including phenoxy) is 1. The van der Waals surface area contributed by atoms with Crippen molar-refractivity contribution in [1.82, 2.24) is 14.8 Å². The number of pyridine rings is 1. The third-order valence-corrected chi connectivity index (χ3v) is 2.68. The summed E-state index contributed by atoms with van der Waals surface area (Å²) in [5.41, 5.74) is 1.40. The van der Waals surface area contributed by atoms with E-state index in [1.807, 2.05) is 19.1 Å². The van der Waals surface area contributed by atoms with Crippen LogP contribution in [0.3, 0.4) is 0 Å². The molecule has 0 aliphatic heterocycles. The highest BCUT2D eigenvalue weighted by Gasteiger charge is 2.18. The monoisotopic (exact) mass is 245 g/mol. The van der Waals surface area contributed by atoms with Gasteiger partial charge >= 0.3 is 0 Å². The Labute approximate surface area is 105 Å². The van der Waals surface area contributed by atoms with Crippen molar-refractivity contribution in [1.29, 1.82) is 0 Å². The molecule has 0 aliphatic rings. The number of hydrogen-bond donors (Lipinski definition) is 0. The van der Waals surface area contributed by atoms with Gasteiger partial charge in [0, 0.05) is 25.4 Å². The topological polar surface area (TPSA) is 57.0 Å². The van der Waals surface area contributed by atoms with E-state index in [1.54, 1.807) is 23.3 Å². The summed E-state index contributed by atoms with van der Waals surface area (Å²) in [7, 11) is 1.54. The molecule has 0 aliphatic carbocycles. The predicted molar refractivity (Wildman–Crippen MR) is 66.7 cm³/mol. The Morgan fingerprint density at radius 2 is 2.28 bits per heavy atom. The summed E-state index contributed by atoms with van der Waals surface area (Å²) < 4.78 is 6.82. The summed E-state index contributed by atoms with van der Waals surface area (Å²) in [5.74, 6) is 0.505. The first kappa shape index (κ1) is 12.3. The Kier molecular flexibility index (Phi) is 3.72. The molecule has 2 aromatic rings. The van der Waals surface area contributed by atoms with Gasteiger partial charge in [0.1, 0.15) is 5.69 Å². The van der Waals surface area contributed by atoms with Crippen LogP contribution < -0.4 is 4.74 Å². The Morgan fingerprint density at radius 3 is 2.89 bits per heavy atom. The lowest BCUT2D eigenvalue weighted by molar-refractivity contribution is 0.0979. The van der Waals surface area contributed by atoms with E-state index in [2.05, 4.69) is 10.1 Å². The van der Waals surface area contributed by atoms with Crippen molar-refractivity contribution < 1.29 is 9.53 Å². The van der Waals surface area contributed by atoms with E-state index in [9.17, 15) is 4.79 Å². The number of aryl methyl sites for hydroxylation is 1. The predicted octanol–water partition coefficient (Wildman–Crippen LogP) is 1.73. The molecule has 2 rings (SSSR count). The maximum Gasteiger partial charge on any atom is 0.189 e. The normalized spacial score (nSPS) is 10.3. The Hall–Kier alpha value is -2.17. The van der Waals surface area contributed by atoms with Gasteiger partial charge in [-0.2, -0.15) is 5.10 Å². The number of ketones is 1. The van der Waals surface area contributed by atoms with E-state index in [0.717, 1.165) is 5.56 Å². The zero-order valence-electron chi connectivity index (χ0n) is 10.5. The van der Waals surface area contributed by atoms with Gasteiger partial charge in [0.25, 0.3) is 0 Å². The van der Waals surface area contributed by atoms with Gasteiger partial charge in [-0.05, 0) is 18.6 Å². The quantitative estimate of drug-likeness (QED) is 0.753. The van der Waals surface area contributed by atoms with Gasteiger partial charge in [0.2, 0.25) is 0 Å². The number of carbonyl (C=O) groups excluding carboxylic acids is 1. The number of hydrogen-bond acceptors (Lipinski definition) is 4. The Morgan fingerprint density at radius 1 is 1.44 bits per heavy atom. The second-order valence-corrected chi connectivity index (χ2v) is 3.84. The molecule has 0 atom stereocenters. The van der Waals surface area contributed by atoms with Gasteiger partial charge in [0.05, 0.1) is 13.3 Å². The van der Waals surface area contributed by atoms with Gasteiger partial charge in [-0.3, -0.25) is 14.5 Å². The van der Waals surface area contributed by atoms with Crippen molar-refractivity contribution in [2.24, 2.45) is 0 Å². The van der Waals surface area contributed by atoms with Crippen LogP contribution in [0.25, 0.3) is 0 Å². The van der Waals surface area contributed by atoms with Gasteiger partial charge in [-0.25, -0.2) is 0 Å².